The Hall–Kier alpha value is -2.08. The average molecular weight is 310 g/mol. The van der Waals surface area contributed by atoms with E-state index in [-0.39, 0.29) is 24.5 Å². The summed E-state index contributed by atoms with van der Waals surface area (Å²) >= 11 is 0. The van der Waals surface area contributed by atoms with E-state index in [0.29, 0.717) is 11.1 Å². The van der Waals surface area contributed by atoms with Gasteiger partial charge in [-0.2, -0.15) is 0 Å². The molecule has 1 aromatic rings. The van der Waals surface area contributed by atoms with Crippen molar-refractivity contribution in [2.75, 3.05) is 19.6 Å². The van der Waals surface area contributed by atoms with E-state index in [1.807, 2.05) is 0 Å². The van der Waals surface area contributed by atoms with Crippen LogP contribution in [0, 0.1) is 18.8 Å². The normalized spacial score (nSPS) is 10.6. The SMILES string of the molecule is Cc1ccc(C#CCN)cc1S(=O)(=O)NCCNC(N)=O. The molecule has 0 unspecified atom stereocenters. The molecule has 0 spiro atoms. The Morgan fingerprint density at radius 2 is 2.05 bits per heavy atom. The van der Waals surface area contributed by atoms with Gasteiger partial charge in [0.15, 0.2) is 0 Å². The van der Waals surface area contributed by atoms with E-state index in [4.69, 9.17) is 11.5 Å². The number of hydrogen-bond donors (Lipinski definition) is 4. The second kappa shape index (κ2) is 7.64. The zero-order chi connectivity index (χ0) is 15.9. The molecule has 0 aliphatic heterocycles. The molecular formula is C13H18N4O3S. The molecule has 0 aromatic heterocycles. The summed E-state index contributed by atoms with van der Waals surface area (Å²) in [6.45, 7) is 2.05. The van der Waals surface area contributed by atoms with Gasteiger partial charge in [-0.25, -0.2) is 17.9 Å². The summed E-state index contributed by atoms with van der Waals surface area (Å²) < 4.78 is 26.8. The fourth-order valence-electron chi connectivity index (χ4n) is 1.57. The Morgan fingerprint density at radius 1 is 1.33 bits per heavy atom. The van der Waals surface area contributed by atoms with Crippen LogP contribution in [0.1, 0.15) is 11.1 Å². The molecule has 7 nitrogen and oxygen atoms in total. The van der Waals surface area contributed by atoms with Crippen molar-refractivity contribution in [3.63, 3.8) is 0 Å². The molecule has 0 radical (unpaired) electrons. The summed E-state index contributed by atoms with van der Waals surface area (Å²) in [5.74, 6) is 5.45. The molecule has 0 fully saturated rings. The van der Waals surface area contributed by atoms with Crippen molar-refractivity contribution in [3.8, 4) is 11.8 Å². The summed E-state index contributed by atoms with van der Waals surface area (Å²) in [7, 11) is -3.68. The van der Waals surface area contributed by atoms with Gasteiger partial charge in [0.05, 0.1) is 11.4 Å². The second-order valence-electron chi connectivity index (χ2n) is 4.17. The van der Waals surface area contributed by atoms with Crippen molar-refractivity contribution >= 4 is 16.1 Å². The van der Waals surface area contributed by atoms with Crippen molar-refractivity contribution in [2.45, 2.75) is 11.8 Å². The van der Waals surface area contributed by atoms with Crippen LogP contribution in [-0.4, -0.2) is 34.1 Å². The van der Waals surface area contributed by atoms with Gasteiger partial charge >= 0.3 is 6.03 Å². The molecule has 1 aromatic carbocycles. The smallest absolute Gasteiger partial charge is 0.312 e. The number of rotatable bonds is 5. The van der Waals surface area contributed by atoms with Crippen molar-refractivity contribution in [1.29, 1.82) is 0 Å². The first-order valence-corrected chi connectivity index (χ1v) is 7.67. The number of urea groups is 1. The number of carbonyl (C=O) groups is 1. The fraction of sp³-hybridized carbons (Fsp3) is 0.308. The maximum absolute atomic E-state index is 12.2. The van der Waals surface area contributed by atoms with Crippen LogP contribution in [0.15, 0.2) is 23.1 Å². The topological polar surface area (TPSA) is 127 Å². The zero-order valence-electron chi connectivity index (χ0n) is 11.6. The molecule has 0 saturated heterocycles. The Labute approximate surface area is 124 Å². The highest BCUT2D eigenvalue weighted by Crippen LogP contribution is 2.16. The highest BCUT2D eigenvalue weighted by molar-refractivity contribution is 7.89. The first kappa shape index (κ1) is 17.0. The predicted octanol–water partition coefficient (Wildman–Crippen LogP) is -0.748. The number of aryl methyl sites for hydroxylation is 1. The van der Waals surface area contributed by atoms with Gasteiger partial charge in [0.1, 0.15) is 0 Å². The highest BCUT2D eigenvalue weighted by atomic mass is 32.2. The van der Waals surface area contributed by atoms with Gasteiger partial charge in [0.2, 0.25) is 10.0 Å². The van der Waals surface area contributed by atoms with E-state index in [9.17, 15) is 13.2 Å². The minimum atomic E-state index is -3.68. The molecule has 0 bridgehead atoms. The van der Waals surface area contributed by atoms with Gasteiger partial charge in [0.25, 0.3) is 0 Å². The lowest BCUT2D eigenvalue weighted by molar-refractivity contribution is 0.249. The number of carbonyl (C=O) groups excluding carboxylic acids is 1. The monoisotopic (exact) mass is 310 g/mol. The van der Waals surface area contributed by atoms with Gasteiger partial charge in [0, 0.05) is 18.7 Å². The third-order valence-corrected chi connectivity index (χ3v) is 4.13. The van der Waals surface area contributed by atoms with Crippen LogP contribution in [-0.2, 0) is 10.0 Å². The largest absolute Gasteiger partial charge is 0.352 e. The molecular weight excluding hydrogens is 292 g/mol. The Morgan fingerprint density at radius 3 is 2.67 bits per heavy atom. The van der Waals surface area contributed by atoms with Gasteiger partial charge < -0.3 is 16.8 Å². The van der Waals surface area contributed by atoms with Crippen LogP contribution < -0.4 is 21.5 Å². The van der Waals surface area contributed by atoms with Crippen molar-refractivity contribution in [1.82, 2.24) is 10.0 Å². The molecule has 0 aliphatic rings. The van der Waals surface area contributed by atoms with Crippen molar-refractivity contribution < 1.29 is 13.2 Å². The minimum absolute atomic E-state index is 0.0451. The Bertz CT molecular complexity index is 674. The number of amides is 2. The molecule has 0 saturated carbocycles. The van der Waals surface area contributed by atoms with Crippen LogP contribution in [0.25, 0.3) is 0 Å². The number of benzene rings is 1. The minimum Gasteiger partial charge on any atom is -0.352 e. The lowest BCUT2D eigenvalue weighted by Crippen LogP contribution is -2.37. The molecule has 21 heavy (non-hydrogen) atoms. The quantitative estimate of drug-likeness (QED) is 0.421. The molecule has 0 heterocycles. The van der Waals surface area contributed by atoms with Crippen molar-refractivity contribution in [3.05, 3.63) is 29.3 Å². The number of sulfonamides is 1. The van der Waals surface area contributed by atoms with Gasteiger partial charge in [-0.1, -0.05) is 17.9 Å². The summed E-state index contributed by atoms with van der Waals surface area (Å²) in [4.78, 5) is 10.6. The maximum atomic E-state index is 12.2. The maximum Gasteiger partial charge on any atom is 0.312 e. The van der Waals surface area contributed by atoms with Crippen LogP contribution in [0.3, 0.4) is 0 Å². The molecule has 0 atom stereocenters. The van der Waals surface area contributed by atoms with Gasteiger partial charge in [-0.15, -0.1) is 0 Å². The summed E-state index contributed by atoms with van der Waals surface area (Å²) in [5, 5.41) is 2.30. The van der Waals surface area contributed by atoms with Crippen molar-refractivity contribution in [2.24, 2.45) is 11.5 Å². The van der Waals surface area contributed by atoms with E-state index >= 15 is 0 Å². The number of nitrogens with one attached hydrogen (secondary N) is 2. The number of hydrogen-bond acceptors (Lipinski definition) is 4. The van der Waals surface area contributed by atoms with Gasteiger partial charge in [-0.05, 0) is 24.6 Å². The highest BCUT2D eigenvalue weighted by Gasteiger charge is 2.16. The Kier molecular flexibility index (Phi) is 6.17. The fourth-order valence-corrected chi connectivity index (χ4v) is 2.87. The molecule has 6 N–H and O–H groups in total. The predicted molar refractivity (Wildman–Crippen MR) is 79.9 cm³/mol. The van der Waals surface area contributed by atoms with E-state index in [1.54, 1.807) is 19.1 Å². The first-order valence-electron chi connectivity index (χ1n) is 6.19. The standard InChI is InChI=1S/C13H18N4O3S/c1-10-4-5-11(3-2-6-14)9-12(10)21(19,20)17-8-7-16-13(15)18/h4-5,9,17H,6-8,14H2,1H3,(H3,15,16,18). The van der Waals surface area contributed by atoms with Crippen LogP contribution in [0.4, 0.5) is 4.79 Å². The summed E-state index contributed by atoms with van der Waals surface area (Å²) in [6, 6.07) is 4.19. The molecule has 2 amide bonds. The molecule has 114 valence electrons. The number of primary amides is 1. The third-order valence-electron chi connectivity index (χ3n) is 2.53. The molecule has 0 aliphatic carbocycles. The average Bonchev–Trinajstić information content (AvgIpc) is 2.42. The number of nitrogens with two attached hydrogens (primary N) is 2. The van der Waals surface area contributed by atoms with E-state index in [2.05, 4.69) is 21.9 Å². The lowest BCUT2D eigenvalue weighted by atomic mass is 10.1. The molecule has 8 heteroatoms. The van der Waals surface area contributed by atoms with E-state index in [1.165, 1.54) is 6.07 Å². The van der Waals surface area contributed by atoms with Crippen LogP contribution in [0.5, 0.6) is 0 Å². The molecule has 1 rings (SSSR count). The summed E-state index contributed by atoms with van der Waals surface area (Å²) in [5.41, 5.74) is 11.3. The first-order chi connectivity index (χ1) is 9.86. The second-order valence-corrected chi connectivity index (χ2v) is 5.91. The van der Waals surface area contributed by atoms with E-state index in [0.717, 1.165) is 0 Å². The van der Waals surface area contributed by atoms with Crippen LogP contribution >= 0.6 is 0 Å². The Balaban J connectivity index is 2.89. The van der Waals surface area contributed by atoms with E-state index < -0.39 is 16.1 Å². The lowest BCUT2D eigenvalue weighted by Gasteiger charge is -2.10. The zero-order valence-corrected chi connectivity index (χ0v) is 12.5. The van der Waals surface area contributed by atoms with Crippen LogP contribution in [0.2, 0.25) is 0 Å². The third kappa shape index (κ3) is 5.43. The van der Waals surface area contributed by atoms with Gasteiger partial charge in [-0.3, -0.25) is 0 Å². The summed E-state index contributed by atoms with van der Waals surface area (Å²) in [6.07, 6.45) is 0.